The van der Waals surface area contributed by atoms with Crippen LogP contribution in [0.3, 0.4) is 0 Å². The van der Waals surface area contributed by atoms with Crippen LogP contribution in [-0.4, -0.2) is 10.9 Å². The third-order valence-corrected chi connectivity index (χ3v) is 4.63. The van der Waals surface area contributed by atoms with Crippen molar-refractivity contribution in [3.63, 3.8) is 0 Å². The Balaban J connectivity index is 1.87. The lowest BCUT2D eigenvalue weighted by molar-refractivity contribution is -0.121. The monoisotopic (exact) mass is 289 g/mol. The second-order valence-electron chi connectivity index (χ2n) is 7.16. The van der Waals surface area contributed by atoms with Crippen LogP contribution in [0, 0.1) is 17.3 Å². The number of rotatable bonds is 3. The highest BCUT2D eigenvalue weighted by Crippen LogP contribution is 2.39. The Morgan fingerprint density at radius 3 is 2.43 bits per heavy atom. The molecule has 0 aliphatic heterocycles. The molecule has 21 heavy (non-hydrogen) atoms. The summed E-state index contributed by atoms with van der Waals surface area (Å²) in [6, 6.07) is 3.72. The molecule has 4 heteroatoms. The summed E-state index contributed by atoms with van der Waals surface area (Å²) in [4.78, 5) is 16.5. The van der Waals surface area contributed by atoms with E-state index in [4.69, 9.17) is 5.73 Å². The Morgan fingerprint density at radius 2 is 1.95 bits per heavy atom. The van der Waals surface area contributed by atoms with E-state index in [1.807, 2.05) is 12.1 Å². The van der Waals surface area contributed by atoms with Gasteiger partial charge in [0.2, 0.25) is 5.91 Å². The predicted molar refractivity (Wildman–Crippen MR) is 85.7 cm³/mol. The maximum atomic E-state index is 12.3. The Bertz CT molecular complexity index is 468. The Hall–Kier alpha value is -1.42. The first-order valence-electron chi connectivity index (χ1n) is 7.86. The number of nitrogens with one attached hydrogen (secondary N) is 1. The predicted octanol–water partition coefficient (Wildman–Crippen LogP) is 3.33. The van der Waals surface area contributed by atoms with Crippen molar-refractivity contribution >= 4 is 11.7 Å². The molecule has 116 valence electrons. The number of carbonyl (C=O) groups excluding carboxylic acids is 1. The van der Waals surface area contributed by atoms with Crippen molar-refractivity contribution in [1.82, 2.24) is 4.98 Å². The molecule has 1 aromatic rings. The van der Waals surface area contributed by atoms with Gasteiger partial charge in [0.15, 0.2) is 0 Å². The lowest BCUT2D eigenvalue weighted by Crippen LogP contribution is -2.31. The molecule has 0 radical (unpaired) electrons. The zero-order valence-corrected chi connectivity index (χ0v) is 13.4. The molecule has 0 spiro atoms. The summed E-state index contributed by atoms with van der Waals surface area (Å²) >= 11 is 0. The first-order valence-corrected chi connectivity index (χ1v) is 7.86. The first-order chi connectivity index (χ1) is 9.90. The third-order valence-electron chi connectivity index (χ3n) is 4.63. The summed E-state index contributed by atoms with van der Waals surface area (Å²) in [7, 11) is 0. The molecule has 1 aliphatic rings. The number of aromatic nitrogens is 1. The van der Waals surface area contributed by atoms with Crippen LogP contribution in [0.2, 0.25) is 0 Å². The van der Waals surface area contributed by atoms with E-state index in [0.29, 0.717) is 17.8 Å². The van der Waals surface area contributed by atoms with Crippen LogP contribution in [0.15, 0.2) is 18.3 Å². The molecule has 1 aliphatic carbocycles. The lowest BCUT2D eigenvalue weighted by atomic mass is 9.69. The Kier molecular flexibility index (Phi) is 4.99. The summed E-state index contributed by atoms with van der Waals surface area (Å²) in [6.07, 6.45) is 5.96. The highest BCUT2D eigenvalue weighted by Gasteiger charge is 2.32. The van der Waals surface area contributed by atoms with Gasteiger partial charge in [0.1, 0.15) is 5.82 Å². The molecule has 0 aromatic carbocycles. The fourth-order valence-corrected chi connectivity index (χ4v) is 3.07. The van der Waals surface area contributed by atoms with Crippen molar-refractivity contribution in [3.05, 3.63) is 23.9 Å². The molecule has 1 amide bonds. The number of pyridine rings is 1. The van der Waals surface area contributed by atoms with Gasteiger partial charge in [-0.3, -0.25) is 4.79 Å². The zero-order chi connectivity index (χ0) is 15.5. The van der Waals surface area contributed by atoms with Crippen LogP contribution in [0.5, 0.6) is 0 Å². The van der Waals surface area contributed by atoms with Crippen molar-refractivity contribution in [2.24, 2.45) is 23.0 Å². The minimum absolute atomic E-state index is 0.107. The number of nitrogens with zero attached hydrogens (tertiary/aromatic N) is 1. The van der Waals surface area contributed by atoms with Gasteiger partial charge in [-0.2, -0.15) is 0 Å². The third kappa shape index (κ3) is 4.27. The van der Waals surface area contributed by atoms with Crippen LogP contribution in [-0.2, 0) is 11.3 Å². The van der Waals surface area contributed by atoms with E-state index < -0.39 is 0 Å². The lowest BCUT2D eigenvalue weighted by Gasteiger charge is -2.36. The number of hydrogen-bond donors (Lipinski definition) is 2. The first kappa shape index (κ1) is 16.0. The average Bonchev–Trinajstić information content (AvgIpc) is 2.47. The van der Waals surface area contributed by atoms with E-state index in [1.165, 1.54) is 0 Å². The van der Waals surface area contributed by atoms with Crippen molar-refractivity contribution in [2.45, 2.75) is 53.0 Å². The summed E-state index contributed by atoms with van der Waals surface area (Å²) in [5.41, 5.74) is 6.86. The van der Waals surface area contributed by atoms with Crippen LogP contribution in [0.4, 0.5) is 5.82 Å². The summed E-state index contributed by atoms with van der Waals surface area (Å²) in [6.45, 7) is 7.35. The largest absolute Gasteiger partial charge is 0.326 e. The van der Waals surface area contributed by atoms with Crippen LogP contribution in [0.25, 0.3) is 0 Å². The quantitative estimate of drug-likeness (QED) is 0.896. The smallest absolute Gasteiger partial charge is 0.228 e. The Morgan fingerprint density at radius 1 is 1.29 bits per heavy atom. The summed E-state index contributed by atoms with van der Waals surface area (Å²) in [5, 5.41) is 2.93. The van der Waals surface area contributed by atoms with Gasteiger partial charge in [0, 0.05) is 18.7 Å². The van der Waals surface area contributed by atoms with Gasteiger partial charge < -0.3 is 11.1 Å². The maximum Gasteiger partial charge on any atom is 0.228 e. The number of carbonyl (C=O) groups is 1. The van der Waals surface area contributed by atoms with E-state index in [1.54, 1.807) is 6.20 Å². The van der Waals surface area contributed by atoms with Crippen molar-refractivity contribution in [2.75, 3.05) is 5.32 Å². The van der Waals surface area contributed by atoms with Gasteiger partial charge >= 0.3 is 0 Å². The molecule has 0 unspecified atom stereocenters. The van der Waals surface area contributed by atoms with Gasteiger partial charge in [-0.05, 0) is 48.6 Å². The number of amides is 1. The molecule has 3 N–H and O–H groups in total. The van der Waals surface area contributed by atoms with E-state index in [-0.39, 0.29) is 11.8 Å². The molecule has 1 heterocycles. The standard InChI is InChI=1S/C17H27N3O/c1-17(2,3)14-7-5-13(6-8-14)16(21)20-15-9-4-12(10-18)11-19-15/h4,9,11,13-14H,5-8,10,18H2,1-3H3,(H,19,20,21). The molecule has 2 rings (SSSR count). The molecular weight excluding hydrogens is 262 g/mol. The number of nitrogens with two attached hydrogens (primary N) is 1. The molecule has 4 nitrogen and oxygen atoms in total. The molecule has 0 bridgehead atoms. The van der Waals surface area contributed by atoms with Crippen LogP contribution >= 0.6 is 0 Å². The summed E-state index contributed by atoms with van der Waals surface area (Å²) < 4.78 is 0. The fraction of sp³-hybridized carbons (Fsp3) is 0.647. The van der Waals surface area contributed by atoms with E-state index in [9.17, 15) is 4.79 Å². The Labute approximate surface area is 127 Å². The normalized spacial score (nSPS) is 22.9. The second-order valence-corrected chi connectivity index (χ2v) is 7.16. The summed E-state index contributed by atoms with van der Waals surface area (Å²) in [5.74, 6) is 1.58. The minimum Gasteiger partial charge on any atom is -0.326 e. The minimum atomic E-state index is 0.107. The van der Waals surface area contributed by atoms with Gasteiger partial charge in [-0.15, -0.1) is 0 Å². The van der Waals surface area contributed by atoms with Crippen molar-refractivity contribution < 1.29 is 4.79 Å². The van der Waals surface area contributed by atoms with Crippen LogP contribution < -0.4 is 11.1 Å². The molecule has 1 saturated carbocycles. The molecule has 0 atom stereocenters. The molecular formula is C17H27N3O. The number of hydrogen-bond acceptors (Lipinski definition) is 3. The average molecular weight is 289 g/mol. The highest BCUT2D eigenvalue weighted by atomic mass is 16.1. The molecule has 0 saturated heterocycles. The van der Waals surface area contributed by atoms with E-state index in [0.717, 1.165) is 37.2 Å². The zero-order valence-electron chi connectivity index (χ0n) is 13.4. The maximum absolute atomic E-state index is 12.3. The SMILES string of the molecule is CC(C)(C)C1CCC(C(=O)Nc2ccc(CN)cn2)CC1. The fourth-order valence-electron chi connectivity index (χ4n) is 3.07. The number of anilines is 1. The van der Waals surface area contributed by atoms with Crippen molar-refractivity contribution in [3.8, 4) is 0 Å². The van der Waals surface area contributed by atoms with Gasteiger partial charge in [0.05, 0.1) is 0 Å². The van der Waals surface area contributed by atoms with Crippen molar-refractivity contribution in [1.29, 1.82) is 0 Å². The van der Waals surface area contributed by atoms with Gasteiger partial charge in [-0.25, -0.2) is 4.98 Å². The van der Waals surface area contributed by atoms with E-state index >= 15 is 0 Å². The highest BCUT2D eigenvalue weighted by molar-refractivity contribution is 5.91. The van der Waals surface area contributed by atoms with E-state index in [2.05, 4.69) is 31.1 Å². The second kappa shape index (κ2) is 6.56. The topological polar surface area (TPSA) is 68.0 Å². The molecule has 1 aromatic heterocycles. The van der Waals surface area contributed by atoms with Gasteiger partial charge in [0.25, 0.3) is 0 Å². The van der Waals surface area contributed by atoms with Crippen LogP contribution in [0.1, 0.15) is 52.0 Å². The molecule has 1 fully saturated rings. The van der Waals surface area contributed by atoms with Gasteiger partial charge in [-0.1, -0.05) is 26.8 Å².